The topological polar surface area (TPSA) is 42.0 Å². The molecule has 0 saturated carbocycles. The fraction of sp³-hybridized carbons (Fsp3) is 0.458. The van der Waals surface area contributed by atoms with E-state index >= 15 is 0 Å². The van der Waals surface area contributed by atoms with E-state index in [0.717, 1.165) is 43.1 Å². The Kier molecular flexibility index (Phi) is 5.93. The number of nitrogens with zero attached hydrogens (tertiary/aromatic N) is 2. The van der Waals surface area contributed by atoms with Crippen molar-refractivity contribution < 1.29 is 14.3 Å². The van der Waals surface area contributed by atoms with Crippen LogP contribution in [0.15, 0.2) is 42.5 Å². The first-order valence-electron chi connectivity index (χ1n) is 10.6. The van der Waals surface area contributed by atoms with Crippen molar-refractivity contribution in [3.8, 4) is 11.5 Å². The van der Waals surface area contributed by atoms with E-state index in [1.807, 2.05) is 42.2 Å². The fourth-order valence-electron chi connectivity index (χ4n) is 4.41. The Labute approximate surface area is 173 Å². The number of carbonyl (C=O) groups excluding carboxylic acids is 1. The van der Waals surface area contributed by atoms with E-state index in [0.29, 0.717) is 13.1 Å². The Balaban J connectivity index is 1.37. The largest absolute Gasteiger partial charge is 0.495 e. The van der Waals surface area contributed by atoms with Crippen molar-refractivity contribution in [1.29, 1.82) is 0 Å². The summed E-state index contributed by atoms with van der Waals surface area (Å²) in [6.45, 7) is 4.84. The number of amides is 1. The summed E-state index contributed by atoms with van der Waals surface area (Å²) in [6, 6.07) is 14.3. The highest BCUT2D eigenvalue weighted by molar-refractivity contribution is 5.81. The minimum absolute atomic E-state index is 0.0677. The lowest BCUT2D eigenvalue weighted by Crippen LogP contribution is -2.52. The molecule has 0 aromatic heterocycles. The third kappa shape index (κ3) is 4.19. The molecule has 154 valence electrons. The van der Waals surface area contributed by atoms with Gasteiger partial charge in [-0.2, -0.15) is 0 Å². The number of rotatable bonds is 5. The van der Waals surface area contributed by atoms with Gasteiger partial charge in [-0.1, -0.05) is 24.3 Å². The summed E-state index contributed by atoms with van der Waals surface area (Å²) in [5.41, 5.74) is 3.75. The van der Waals surface area contributed by atoms with Gasteiger partial charge in [0.15, 0.2) is 6.10 Å². The van der Waals surface area contributed by atoms with Crippen molar-refractivity contribution in [2.75, 3.05) is 38.2 Å². The minimum Gasteiger partial charge on any atom is -0.495 e. The number of aryl methyl sites for hydroxylation is 1. The lowest BCUT2D eigenvalue weighted by molar-refractivity contribution is -0.138. The van der Waals surface area contributed by atoms with Crippen molar-refractivity contribution in [2.45, 2.75) is 38.7 Å². The summed E-state index contributed by atoms with van der Waals surface area (Å²) < 4.78 is 11.6. The number of piperazine rings is 1. The maximum absolute atomic E-state index is 13.0. The Bertz CT molecular complexity index is 859. The SMILES string of the molecule is COc1ccccc1N1CCN(C(=O)[C@@H](C)Oc2cccc3c2CCCC3)CC1. The molecule has 4 rings (SSSR count). The maximum atomic E-state index is 13.0. The van der Waals surface area contributed by atoms with Crippen molar-refractivity contribution in [3.63, 3.8) is 0 Å². The second-order valence-electron chi connectivity index (χ2n) is 7.85. The highest BCUT2D eigenvalue weighted by atomic mass is 16.5. The van der Waals surface area contributed by atoms with Crippen LogP contribution in [0.1, 0.15) is 30.9 Å². The van der Waals surface area contributed by atoms with Gasteiger partial charge in [0, 0.05) is 26.2 Å². The van der Waals surface area contributed by atoms with Gasteiger partial charge in [0.05, 0.1) is 12.8 Å². The van der Waals surface area contributed by atoms with Crippen LogP contribution in [0, 0.1) is 0 Å². The minimum atomic E-state index is -0.471. The van der Waals surface area contributed by atoms with Crippen LogP contribution in [-0.4, -0.2) is 50.2 Å². The number of methoxy groups -OCH3 is 1. The summed E-state index contributed by atoms with van der Waals surface area (Å²) >= 11 is 0. The van der Waals surface area contributed by atoms with Gasteiger partial charge in [-0.3, -0.25) is 4.79 Å². The van der Waals surface area contributed by atoms with Crippen molar-refractivity contribution in [3.05, 3.63) is 53.6 Å². The molecular weight excluding hydrogens is 364 g/mol. The second-order valence-corrected chi connectivity index (χ2v) is 7.85. The van der Waals surface area contributed by atoms with Gasteiger partial charge in [0.1, 0.15) is 11.5 Å². The van der Waals surface area contributed by atoms with Crippen LogP contribution in [0.3, 0.4) is 0 Å². The monoisotopic (exact) mass is 394 g/mol. The Morgan fingerprint density at radius 2 is 1.66 bits per heavy atom. The van der Waals surface area contributed by atoms with Gasteiger partial charge < -0.3 is 19.3 Å². The zero-order valence-corrected chi connectivity index (χ0v) is 17.4. The van der Waals surface area contributed by atoms with Crippen LogP contribution in [0.4, 0.5) is 5.69 Å². The van der Waals surface area contributed by atoms with Crippen LogP contribution in [0.5, 0.6) is 11.5 Å². The molecule has 0 N–H and O–H groups in total. The van der Waals surface area contributed by atoms with Gasteiger partial charge in [0.2, 0.25) is 0 Å². The van der Waals surface area contributed by atoms with Gasteiger partial charge in [-0.25, -0.2) is 0 Å². The summed E-state index contributed by atoms with van der Waals surface area (Å²) in [6.07, 6.45) is 4.12. The molecule has 5 nitrogen and oxygen atoms in total. The number of fused-ring (bicyclic) bond motifs is 1. The van der Waals surface area contributed by atoms with Crippen LogP contribution >= 0.6 is 0 Å². The molecule has 0 unspecified atom stereocenters. The number of ether oxygens (including phenoxy) is 2. The highest BCUT2D eigenvalue weighted by Gasteiger charge is 2.28. The Hall–Kier alpha value is -2.69. The fourth-order valence-corrected chi connectivity index (χ4v) is 4.41. The van der Waals surface area contributed by atoms with Gasteiger partial charge >= 0.3 is 0 Å². The van der Waals surface area contributed by atoms with E-state index in [1.54, 1.807) is 7.11 Å². The first kappa shape index (κ1) is 19.6. The molecular formula is C24H30N2O3. The molecule has 1 heterocycles. The first-order valence-corrected chi connectivity index (χ1v) is 10.6. The molecule has 1 saturated heterocycles. The van der Waals surface area contributed by atoms with E-state index in [1.165, 1.54) is 24.0 Å². The van der Waals surface area contributed by atoms with E-state index in [9.17, 15) is 4.79 Å². The number of benzene rings is 2. The molecule has 1 fully saturated rings. The van der Waals surface area contributed by atoms with E-state index in [-0.39, 0.29) is 5.91 Å². The lowest BCUT2D eigenvalue weighted by Gasteiger charge is -2.37. The number of carbonyl (C=O) groups is 1. The second kappa shape index (κ2) is 8.76. The Morgan fingerprint density at radius 1 is 0.931 bits per heavy atom. The van der Waals surface area contributed by atoms with Crippen LogP contribution in [0.25, 0.3) is 0 Å². The molecule has 2 aromatic carbocycles. The maximum Gasteiger partial charge on any atom is 0.263 e. The average molecular weight is 395 g/mol. The predicted octanol–water partition coefficient (Wildman–Crippen LogP) is 3.69. The Morgan fingerprint density at radius 3 is 2.45 bits per heavy atom. The van der Waals surface area contributed by atoms with Gasteiger partial charge in [0.25, 0.3) is 5.91 Å². The number of para-hydroxylation sites is 2. The van der Waals surface area contributed by atoms with Crippen LogP contribution in [0.2, 0.25) is 0 Å². The van der Waals surface area contributed by atoms with Crippen molar-refractivity contribution in [2.24, 2.45) is 0 Å². The van der Waals surface area contributed by atoms with Crippen molar-refractivity contribution in [1.82, 2.24) is 4.90 Å². The summed E-state index contributed by atoms with van der Waals surface area (Å²) in [5, 5.41) is 0. The molecule has 1 aliphatic heterocycles. The number of hydrogen-bond acceptors (Lipinski definition) is 4. The third-order valence-corrected chi connectivity index (χ3v) is 6.02. The van der Waals surface area contributed by atoms with Crippen LogP contribution < -0.4 is 14.4 Å². The summed E-state index contributed by atoms with van der Waals surface area (Å²) in [7, 11) is 1.69. The molecule has 1 aliphatic carbocycles. The molecule has 0 radical (unpaired) electrons. The molecule has 2 aromatic rings. The molecule has 1 atom stereocenters. The van der Waals surface area contributed by atoms with E-state index in [2.05, 4.69) is 17.0 Å². The van der Waals surface area contributed by atoms with E-state index in [4.69, 9.17) is 9.47 Å². The highest BCUT2D eigenvalue weighted by Crippen LogP contribution is 2.31. The van der Waals surface area contributed by atoms with E-state index < -0.39 is 6.10 Å². The quantitative estimate of drug-likeness (QED) is 0.776. The standard InChI is InChI=1S/C24H30N2O3/c1-18(29-22-13-7-9-19-8-3-4-10-20(19)22)24(27)26-16-14-25(15-17-26)21-11-5-6-12-23(21)28-2/h5-7,9,11-13,18H,3-4,8,10,14-17H2,1-2H3/t18-/m1/s1. The molecule has 2 aliphatic rings. The first-order chi connectivity index (χ1) is 14.2. The van der Waals surface area contributed by atoms with Gasteiger partial charge in [-0.05, 0) is 61.9 Å². The predicted molar refractivity (Wildman–Crippen MR) is 115 cm³/mol. The molecule has 0 spiro atoms. The smallest absolute Gasteiger partial charge is 0.263 e. The average Bonchev–Trinajstić information content (AvgIpc) is 2.79. The zero-order valence-electron chi connectivity index (χ0n) is 17.4. The number of hydrogen-bond donors (Lipinski definition) is 0. The molecule has 5 heteroatoms. The molecule has 29 heavy (non-hydrogen) atoms. The summed E-state index contributed by atoms with van der Waals surface area (Å²) in [4.78, 5) is 17.2. The van der Waals surface area contributed by atoms with Crippen LogP contribution in [-0.2, 0) is 17.6 Å². The van der Waals surface area contributed by atoms with Crippen molar-refractivity contribution >= 4 is 11.6 Å². The normalized spacial score (nSPS) is 17.4. The molecule has 0 bridgehead atoms. The molecule has 1 amide bonds. The lowest BCUT2D eigenvalue weighted by atomic mass is 9.91. The number of anilines is 1. The summed E-state index contributed by atoms with van der Waals surface area (Å²) in [5.74, 6) is 1.83. The zero-order chi connectivity index (χ0) is 20.2. The van der Waals surface area contributed by atoms with Gasteiger partial charge in [-0.15, -0.1) is 0 Å². The third-order valence-electron chi connectivity index (χ3n) is 6.02.